The Kier molecular flexibility index (Phi) is 4.87. The Morgan fingerprint density at radius 1 is 1.03 bits per heavy atom. The summed E-state index contributed by atoms with van der Waals surface area (Å²) in [7, 11) is 1.47. The highest BCUT2D eigenvalue weighted by molar-refractivity contribution is 6.21. The molecule has 3 amide bonds. The molecule has 0 saturated heterocycles. The number of fused-ring (bicyclic) bond motifs is 1. The Balaban J connectivity index is 1.55. The fourth-order valence-corrected chi connectivity index (χ4v) is 3.27. The van der Waals surface area contributed by atoms with E-state index in [1.165, 1.54) is 18.3 Å². The van der Waals surface area contributed by atoms with Crippen LogP contribution in [-0.4, -0.2) is 29.7 Å². The van der Waals surface area contributed by atoms with Crippen molar-refractivity contribution in [3.8, 4) is 5.75 Å². The summed E-state index contributed by atoms with van der Waals surface area (Å²) in [4.78, 5) is 39.0. The van der Waals surface area contributed by atoms with Crippen molar-refractivity contribution in [2.24, 2.45) is 0 Å². The number of benzene rings is 2. The van der Waals surface area contributed by atoms with Crippen LogP contribution in [0, 0.1) is 0 Å². The Hall–Kier alpha value is -3.87. The second-order valence-electron chi connectivity index (χ2n) is 6.54. The smallest absolute Gasteiger partial charge is 0.261 e. The molecule has 0 atom stereocenters. The molecule has 1 N–H and O–H groups in total. The van der Waals surface area contributed by atoms with Gasteiger partial charge in [-0.2, -0.15) is 0 Å². The highest BCUT2D eigenvalue weighted by atomic mass is 16.5. The van der Waals surface area contributed by atoms with E-state index < -0.39 is 0 Å². The van der Waals surface area contributed by atoms with Crippen LogP contribution in [-0.2, 0) is 13.1 Å². The summed E-state index contributed by atoms with van der Waals surface area (Å²) in [6.07, 6.45) is 1.53. The summed E-state index contributed by atoms with van der Waals surface area (Å²) in [5.41, 5.74) is 1.74. The Morgan fingerprint density at radius 3 is 2.38 bits per heavy atom. The third-order valence-corrected chi connectivity index (χ3v) is 4.73. The van der Waals surface area contributed by atoms with Crippen LogP contribution in [0.1, 0.15) is 42.4 Å². The van der Waals surface area contributed by atoms with Crippen LogP contribution in [0.5, 0.6) is 5.75 Å². The van der Waals surface area contributed by atoms with Gasteiger partial charge in [0.1, 0.15) is 11.5 Å². The number of hydrogen-bond donors (Lipinski definition) is 1. The molecule has 7 heteroatoms. The maximum atomic E-state index is 12.6. The molecule has 146 valence electrons. The van der Waals surface area contributed by atoms with E-state index in [4.69, 9.17) is 9.15 Å². The van der Waals surface area contributed by atoms with E-state index in [9.17, 15) is 14.4 Å². The topological polar surface area (TPSA) is 88.8 Å². The van der Waals surface area contributed by atoms with Gasteiger partial charge in [0, 0.05) is 0 Å². The molecule has 29 heavy (non-hydrogen) atoms. The fourth-order valence-electron chi connectivity index (χ4n) is 3.27. The van der Waals surface area contributed by atoms with Gasteiger partial charge in [0.2, 0.25) is 0 Å². The third-order valence-electron chi connectivity index (χ3n) is 4.73. The quantitative estimate of drug-likeness (QED) is 0.654. The molecule has 7 nitrogen and oxygen atoms in total. The number of hydrogen-bond acceptors (Lipinski definition) is 5. The zero-order valence-electron chi connectivity index (χ0n) is 15.7. The molecular weight excluding hydrogens is 372 g/mol. The van der Waals surface area contributed by atoms with Gasteiger partial charge in [-0.25, -0.2) is 0 Å². The highest BCUT2D eigenvalue weighted by Gasteiger charge is 2.35. The Morgan fingerprint density at radius 2 is 1.76 bits per heavy atom. The molecule has 2 heterocycles. The lowest BCUT2D eigenvalue weighted by Gasteiger charge is -2.16. The van der Waals surface area contributed by atoms with Crippen molar-refractivity contribution >= 4 is 17.7 Å². The second kappa shape index (κ2) is 7.63. The monoisotopic (exact) mass is 390 g/mol. The first-order valence-corrected chi connectivity index (χ1v) is 9.01. The lowest BCUT2D eigenvalue weighted by Crippen LogP contribution is -2.29. The lowest BCUT2D eigenvalue weighted by molar-refractivity contribution is 0.0642. The van der Waals surface area contributed by atoms with E-state index >= 15 is 0 Å². The third kappa shape index (κ3) is 3.50. The van der Waals surface area contributed by atoms with Crippen LogP contribution in [0.4, 0.5) is 0 Å². The van der Waals surface area contributed by atoms with Crippen LogP contribution in [0.3, 0.4) is 0 Å². The minimum Gasteiger partial charge on any atom is -0.496 e. The zero-order chi connectivity index (χ0) is 20.4. The first-order chi connectivity index (χ1) is 14.1. The van der Waals surface area contributed by atoms with Crippen molar-refractivity contribution in [1.29, 1.82) is 0 Å². The van der Waals surface area contributed by atoms with E-state index in [2.05, 4.69) is 5.32 Å². The van der Waals surface area contributed by atoms with Crippen LogP contribution in [0.15, 0.2) is 65.3 Å². The number of methoxy groups -OCH3 is 1. The van der Waals surface area contributed by atoms with E-state index in [1.54, 1.807) is 54.6 Å². The highest BCUT2D eigenvalue weighted by Crippen LogP contribution is 2.26. The van der Waals surface area contributed by atoms with Crippen LogP contribution >= 0.6 is 0 Å². The van der Waals surface area contributed by atoms with Gasteiger partial charge >= 0.3 is 0 Å². The normalized spacial score (nSPS) is 12.8. The summed E-state index contributed by atoms with van der Waals surface area (Å²) in [5.74, 6) is -0.00880. The van der Waals surface area contributed by atoms with Crippen molar-refractivity contribution in [2.45, 2.75) is 13.1 Å². The van der Waals surface area contributed by atoms with Gasteiger partial charge in [0.25, 0.3) is 17.7 Å². The number of carbonyl (C=O) groups is 3. The first kappa shape index (κ1) is 18.5. The number of amides is 3. The van der Waals surface area contributed by atoms with Gasteiger partial charge in [-0.3, -0.25) is 19.3 Å². The van der Waals surface area contributed by atoms with Crippen molar-refractivity contribution in [3.05, 3.63) is 88.9 Å². The molecule has 1 aromatic heterocycles. The van der Waals surface area contributed by atoms with Crippen LogP contribution in [0.2, 0.25) is 0 Å². The van der Waals surface area contributed by atoms with Gasteiger partial charge in [-0.1, -0.05) is 18.2 Å². The lowest BCUT2D eigenvalue weighted by atomic mass is 10.1. The van der Waals surface area contributed by atoms with Crippen LogP contribution in [0.25, 0.3) is 0 Å². The number of nitrogens with zero attached hydrogens (tertiary/aromatic N) is 1. The molecule has 0 aliphatic carbocycles. The van der Waals surface area contributed by atoms with Gasteiger partial charge < -0.3 is 14.5 Å². The molecular formula is C22H18N2O5. The average Bonchev–Trinajstić information content (AvgIpc) is 3.35. The zero-order valence-corrected chi connectivity index (χ0v) is 15.7. The predicted molar refractivity (Wildman–Crippen MR) is 104 cm³/mol. The first-order valence-electron chi connectivity index (χ1n) is 9.01. The number of nitrogens with one attached hydrogen (secondary N) is 1. The molecule has 0 fully saturated rings. The van der Waals surface area contributed by atoms with Gasteiger partial charge in [0.15, 0.2) is 0 Å². The summed E-state index contributed by atoms with van der Waals surface area (Å²) >= 11 is 0. The summed E-state index contributed by atoms with van der Waals surface area (Å²) in [5, 5.41) is 2.77. The molecule has 1 aliphatic heterocycles. The molecule has 0 unspecified atom stereocenters. The predicted octanol–water partition coefficient (Wildman–Crippen LogP) is 3.01. The fraction of sp³-hybridized carbons (Fsp3) is 0.136. The van der Waals surface area contributed by atoms with E-state index in [0.717, 1.165) is 0 Å². The molecule has 1 aliphatic rings. The molecule has 0 spiro atoms. The molecule has 0 radical (unpaired) electrons. The van der Waals surface area contributed by atoms with E-state index in [0.29, 0.717) is 33.8 Å². The molecule has 3 aromatic rings. The van der Waals surface area contributed by atoms with E-state index in [1.807, 2.05) is 0 Å². The molecule has 0 bridgehead atoms. The summed E-state index contributed by atoms with van der Waals surface area (Å²) in [6, 6.07) is 15.2. The molecule has 0 saturated carbocycles. The SMILES string of the molecule is COc1ccc(CN2C(=O)c3ccccc3C2=O)cc1C(=O)NCc1ccco1. The summed E-state index contributed by atoms with van der Waals surface area (Å²) < 4.78 is 10.5. The number of furan rings is 1. The van der Waals surface area contributed by atoms with E-state index in [-0.39, 0.29) is 30.8 Å². The van der Waals surface area contributed by atoms with Gasteiger partial charge in [0.05, 0.1) is 43.2 Å². The summed E-state index contributed by atoms with van der Waals surface area (Å²) in [6.45, 7) is 0.298. The Bertz CT molecular complexity index is 1050. The minimum absolute atomic E-state index is 0.0643. The van der Waals surface area contributed by atoms with Gasteiger partial charge in [-0.05, 0) is 42.0 Å². The average molecular weight is 390 g/mol. The van der Waals surface area contributed by atoms with Crippen molar-refractivity contribution in [1.82, 2.24) is 10.2 Å². The van der Waals surface area contributed by atoms with Crippen LogP contribution < -0.4 is 10.1 Å². The largest absolute Gasteiger partial charge is 0.496 e. The number of ether oxygens (including phenoxy) is 1. The Labute approximate surface area is 166 Å². The maximum absolute atomic E-state index is 12.6. The van der Waals surface area contributed by atoms with Crippen molar-refractivity contribution in [2.75, 3.05) is 7.11 Å². The second-order valence-corrected chi connectivity index (χ2v) is 6.54. The van der Waals surface area contributed by atoms with Crippen molar-refractivity contribution in [3.63, 3.8) is 0 Å². The minimum atomic E-state index is -0.345. The van der Waals surface area contributed by atoms with Gasteiger partial charge in [-0.15, -0.1) is 0 Å². The number of imide groups is 1. The molecule has 4 rings (SSSR count). The number of rotatable bonds is 6. The molecule has 2 aromatic carbocycles. The standard InChI is InChI=1S/C22H18N2O5/c1-28-19-9-8-14(11-18(19)20(25)23-12-15-5-4-10-29-15)13-24-21(26)16-6-2-3-7-17(16)22(24)27/h2-11H,12-13H2,1H3,(H,23,25). The number of carbonyl (C=O) groups excluding carboxylic acids is 3. The van der Waals surface area contributed by atoms with Crippen molar-refractivity contribution < 1.29 is 23.5 Å². The maximum Gasteiger partial charge on any atom is 0.261 e.